The Morgan fingerprint density at radius 3 is 1.98 bits per heavy atom. The van der Waals surface area contributed by atoms with Crippen molar-refractivity contribution in [1.29, 1.82) is 0 Å². The smallest absolute Gasteiger partial charge is 0.437 e. The van der Waals surface area contributed by atoms with Gasteiger partial charge in [0.1, 0.15) is 28.3 Å². The average Bonchev–Trinajstić information content (AvgIpc) is 3.75. The van der Waals surface area contributed by atoms with Gasteiger partial charge in [-0.25, -0.2) is 28.3 Å². The van der Waals surface area contributed by atoms with Gasteiger partial charge >= 0.3 is 18.3 Å². The molecule has 0 radical (unpaired) electrons. The number of fused-ring (bicyclic) bond motifs is 2. The quantitative estimate of drug-likeness (QED) is 0.142. The van der Waals surface area contributed by atoms with Crippen LogP contribution in [0.15, 0.2) is 104 Å². The van der Waals surface area contributed by atoms with E-state index >= 15 is 0 Å². The van der Waals surface area contributed by atoms with Crippen LogP contribution in [0.2, 0.25) is 0 Å². The third-order valence-electron chi connectivity index (χ3n) is 9.14. The standard InChI is InChI=1S/C47H48FN7O6/c1-45(2,3)59-42(56)53(27-29-14-11-10-12-15-29)28-30-18-32(23-49-22-30)33-20-36-40(52-55(41(36)51-24-33)44(58)61-47(7,8)9)38-21-35-37(31-16-13-17-34(48)19-31)25-50-26-39(35)54(38)43(57)60-46(4,5)6/h10-26H,27-28H2,1-9H3. The van der Waals surface area contributed by atoms with Crippen LogP contribution >= 0.6 is 0 Å². The number of pyridine rings is 3. The van der Waals surface area contributed by atoms with Crippen LogP contribution in [0, 0.1) is 5.82 Å². The molecule has 0 aliphatic heterocycles. The fraction of sp³-hybridized carbons (Fsp3) is 0.298. The van der Waals surface area contributed by atoms with Gasteiger partial charge in [-0.05, 0) is 109 Å². The molecule has 0 N–H and O–H groups in total. The minimum Gasteiger partial charge on any atom is -0.444 e. The van der Waals surface area contributed by atoms with Gasteiger partial charge in [-0.2, -0.15) is 5.10 Å². The SMILES string of the molecule is CC(C)(C)OC(=O)N(Cc1ccccc1)Cc1cncc(-c2cnc3c(c2)c(-c2cc4c(-c5cccc(F)c5)cncc4n2C(=O)OC(C)(C)C)nn3C(=O)OC(C)(C)C)c1. The molecule has 0 saturated carbocycles. The predicted octanol–water partition coefficient (Wildman–Crippen LogP) is 10.8. The van der Waals surface area contributed by atoms with E-state index in [1.165, 1.54) is 22.9 Å². The highest BCUT2D eigenvalue weighted by Gasteiger charge is 2.30. The number of nitrogens with zero attached hydrogens (tertiary/aromatic N) is 7. The summed E-state index contributed by atoms with van der Waals surface area (Å²) in [6, 6.07) is 21.2. The van der Waals surface area contributed by atoms with Gasteiger partial charge < -0.3 is 14.2 Å². The van der Waals surface area contributed by atoms with Crippen molar-refractivity contribution in [3.05, 3.63) is 121 Å². The van der Waals surface area contributed by atoms with Gasteiger partial charge in [-0.1, -0.05) is 42.5 Å². The van der Waals surface area contributed by atoms with Crippen molar-refractivity contribution < 1.29 is 33.0 Å². The second kappa shape index (κ2) is 16.2. The molecule has 7 rings (SSSR count). The Balaban J connectivity index is 1.39. The highest BCUT2D eigenvalue weighted by atomic mass is 19.1. The number of hydrogen-bond donors (Lipinski definition) is 0. The summed E-state index contributed by atoms with van der Waals surface area (Å²) < 4.78 is 34.4. The summed E-state index contributed by atoms with van der Waals surface area (Å²) in [6.07, 6.45) is 6.11. The van der Waals surface area contributed by atoms with Gasteiger partial charge in [-0.15, -0.1) is 4.68 Å². The first-order chi connectivity index (χ1) is 28.7. The summed E-state index contributed by atoms with van der Waals surface area (Å²) in [6.45, 7) is 16.5. The summed E-state index contributed by atoms with van der Waals surface area (Å²) in [5.74, 6) is -0.436. The van der Waals surface area contributed by atoms with Crippen LogP contribution in [0.25, 0.3) is 55.6 Å². The maximum absolute atomic E-state index is 14.5. The fourth-order valence-electron chi connectivity index (χ4n) is 6.73. The van der Waals surface area contributed by atoms with Gasteiger partial charge in [0.2, 0.25) is 0 Å². The minimum absolute atomic E-state index is 0.167. The van der Waals surface area contributed by atoms with E-state index in [-0.39, 0.29) is 23.6 Å². The molecule has 0 unspecified atom stereocenters. The highest BCUT2D eigenvalue weighted by Crippen LogP contribution is 2.38. The third kappa shape index (κ3) is 9.75. The highest BCUT2D eigenvalue weighted by molar-refractivity contribution is 6.06. The number of rotatable bonds is 7. The van der Waals surface area contributed by atoms with E-state index in [0.717, 1.165) is 15.8 Å². The molecule has 0 atom stereocenters. The molecular formula is C47H48FN7O6. The van der Waals surface area contributed by atoms with E-state index in [2.05, 4.69) is 9.97 Å². The first-order valence-electron chi connectivity index (χ1n) is 19.8. The lowest BCUT2D eigenvalue weighted by molar-refractivity contribution is 0.0215. The van der Waals surface area contributed by atoms with E-state index in [4.69, 9.17) is 24.3 Å². The zero-order valence-corrected chi connectivity index (χ0v) is 35.7. The van der Waals surface area contributed by atoms with Crippen molar-refractivity contribution in [1.82, 2.24) is 34.2 Å². The Labute approximate surface area is 353 Å². The van der Waals surface area contributed by atoms with Crippen molar-refractivity contribution in [2.75, 3.05) is 0 Å². The van der Waals surface area contributed by atoms with E-state index in [9.17, 15) is 18.8 Å². The first-order valence-corrected chi connectivity index (χ1v) is 19.8. The largest absolute Gasteiger partial charge is 0.444 e. The summed E-state index contributed by atoms with van der Waals surface area (Å²) >= 11 is 0. The molecule has 314 valence electrons. The molecule has 0 bridgehead atoms. The van der Waals surface area contributed by atoms with Gasteiger partial charge in [0, 0.05) is 58.8 Å². The lowest BCUT2D eigenvalue weighted by Crippen LogP contribution is -2.36. The third-order valence-corrected chi connectivity index (χ3v) is 9.14. The van der Waals surface area contributed by atoms with Crippen molar-refractivity contribution in [3.63, 3.8) is 0 Å². The molecule has 14 heteroatoms. The Hall–Kier alpha value is -6.96. The summed E-state index contributed by atoms with van der Waals surface area (Å²) in [7, 11) is 0. The van der Waals surface area contributed by atoms with Crippen molar-refractivity contribution in [3.8, 4) is 33.6 Å². The van der Waals surface area contributed by atoms with Gasteiger partial charge in [0.15, 0.2) is 5.65 Å². The number of benzene rings is 2. The van der Waals surface area contributed by atoms with Gasteiger partial charge in [0.25, 0.3) is 0 Å². The molecule has 7 aromatic rings. The summed E-state index contributed by atoms with van der Waals surface area (Å²) in [4.78, 5) is 56.8. The number of ether oxygens (including phenoxy) is 3. The number of hydrogen-bond acceptors (Lipinski definition) is 10. The van der Waals surface area contributed by atoms with Crippen LogP contribution in [0.4, 0.5) is 18.8 Å². The second-order valence-electron chi connectivity index (χ2n) is 17.7. The lowest BCUT2D eigenvalue weighted by atomic mass is 10.0. The second-order valence-corrected chi connectivity index (χ2v) is 17.7. The van der Waals surface area contributed by atoms with Crippen LogP contribution in [0.1, 0.15) is 73.4 Å². The number of aromatic nitrogens is 6. The Morgan fingerprint density at radius 2 is 1.30 bits per heavy atom. The Morgan fingerprint density at radius 1 is 0.639 bits per heavy atom. The van der Waals surface area contributed by atoms with Crippen LogP contribution < -0.4 is 0 Å². The van der Waals surface area contributed by atoms with Crippen LogP contribution in [-0.2, 0) is 27.3 Å². The molecule has 61 heavy (non-hydrogen) atoms. The van der Waals surface area contributed by atoms with E-state index in [0.29, 0.717) is 45.1 Å². The topological polar surface area (TPSA) is 144 Å². The zero-order valence-electron chi connectivity index (χ0n) is 35.7. The zero-order chi connectivity index (χ0) is 43.9. The van der Waals surface area contributed by atoms with Crippen LogP contribution in [0.3, 0.4) is 0 Å². The Bertz CT molecular complexity index is 2780. The molecule has 5 aromatic heterocycles. The molecule has 0 fully saturated rings. The van der Waals surface area contributed by atoms with Crippen molar-refractivity contribution in [2.24, 2.45) is 0 Å². The lowest BCUT2D eigenvalue weighted by Gasteiger charge is -2.27. The van der Waals surface area contributed by atoms with Crippen LogP contribution in [0.5, 0.6) is 0 Å². The fourth-order valence-corrected chi connectivity index (χ4v) is 6.73. The van der Waals surface area contributed by atoms with E-state index < -0.39 is 40.9 Å². The molecule has 2 aromatic carbocycles. The molecule has 0 spiro atoms. The number of amides is 1. The molecule has 0 aliphatic rings. The van der Waals surface area contributed by atoms with Gasteiger partial charge in [-0.3, -0.25) is 14.9 Å². The number of carbonyl (C=O) groups excluding carboxylic acids is 3. The molecule has 0 saturated heterocycles. The van der Waals surface area contributed by atoms with E-state index in [1.807, 2.05) is 63.2 Å². The molecule has 5 heterocycles. The normalized spacial score (nSPS) is 12.1. The number of halogens is 1. The molecular weight excluding hydrogens is 778 g/mol. The molecule has 1 amide bonds. The number of carbonyl (C=O) groups is 3. The molecule has 0 aliphatic carbocycles. The predicted molar refractivity (Wildman–Crippen MR) is 230 cm³/mol. The summed E-state index contributed by atoms with van der Waals surface area (Å²) in [5.41, 5.74) is 2.60. The van der Waals surface area contributed by atoms with Gasteiger partial charge in [0.05, 0.1) is 24.0 Å². The maximum atomic E-state index is 14.5. The Kier molecular flexibility index (Phi) is 11.2. The van der Waals surface area contributed by atoms with Crippen molar-refractivity contribution in [2.45, 2.75) is 92.2 Å². The van der Waals surface area contributed by atoms with E-state index in [1.54, 1.807) is 89.4 Å². The first kappa shape index (κ1) is 42.2. The maximum Gasteiger partial charge on any atom is 0.437 e. The monoisotopic (exact) mass is 825 g/mol. The molecule has 13 nitrogen and oxygen atoms in total. The van der Waals surface area contributed by atoms with Crippen LogP contribution in [-0.4, -0.2) is 69.3 Å². The summed E-state index contributed by atoms with van der Waals surface area (Å²) in [5, 5.41) is 5.74. The minimum atomic E-state index is -0.886. The average molecular weight is 826 g/mol. The van der Waals surface area contributed by atoms with Crippen molar-refractivity contribution >= 4 is 40.2 Å².